The highest BCUT2D eigenvalue weighted by Gasteiger charge is 2.44. The maximum Gasteiger partial charge on any atom is 0.349 e. The van der Waals surface area contributed by atoms with Gasteiger partial charge >= 0.3 is 5.97 Å². The Kier molecular flexibility index (Phi) is 2.78. The fourth-order valence-corrected chi connectivity index (χ4v) is 1.71. The van der Waals surface area contributed by atoms with Crippen molar-refractivity contribution in [3.05, 3.63) is 30.1 Å². The van der Waals surface area contributed by atoms with Crippen LogP contribution in [-0.2, 0) is 4.79 Å². The van der Waals surface area contributed by atoms with E-state index in [1.165, 1.54) is 24.3 Å². The number of carboxylic acid groups (broad SMARTS) is 1. The lowest BCUT2D eigenvalue weighted by atomic mass is 10.0. The van der Waals surface area contributed by atoms with Crippen molar-refractivity contribution in [3.63, 3.8) is 0 Å². The molecule has 1 unspecified atom stereocenters. The molecule has 16 heavy (non-hydrogen) atoms. The molecule has 0 aliphatic carbocycles. The van der Waals surface area contributed by atoms with Gasteiger partial charge in [-0.25, -0.2) is 9.18 Å². The lowest BCUT2D eigenvalue weighted by Gasteiger charge is -2.24. The van der Waals surface area contributed by atoms with Gasteiger partial charge in [0, 0.05) is 13.0 Å². The summed E-state index contributed by atoms with van der Waals surface area (Å²) in [4.78, 5) is 11.2. The molecule has 1 aliphatic rings. The molecule has 4 nitrogen and oxygen atoms in total. The van der Waals surface area contributed by atoms with Crippen LogP contribution in [0.2, 0.25) is 0 Å². The number of carboxylic acids is 1. The first-order valence-corrected chi connectivity index (χ1v) is 5.01. The van der Waals surface area contributed by atoms with Crippen LogP contribution in [0.1, 0.15) is 6.42 Å². The van der Waals surface area contributed by atoms with Crippen LogP contribution in [0.25, 0.3) is 0 Å². The molecule has 86 valence electrons. The molecule has 0 aromatic heterocycles. The van der Waals surface area contributed by atoms with Gasteiger partial charge in [-0.15, -0.1) is 0 Å². The van der Waals surface area contributed by atoms with Crippen molar-refractivity contribution < 1.29 is 19.0 Å². The van der Waals surface area contributed by atoms with Crippen molar-refractivity contribution in [1.29, 1.82) is 0 Å². The Morgan fingerprint density at radius 3 is 2.62 bits per heavy atom. The van der Waals surface area contributed by atoms with Crippen LogP contribution < -0.4 is 10.1 Å². The smallest absolute Gasteiger partial charge is 0.349 e. The Morgan fingerprint density at radius 2 is 2.12 bits per heavy atom. The minimum absolute atomic E-state index is 0.264. The lowest BCUT2D eigenvalue weighted by molar-refractivity contribution is -0.153. The normalized spacial score (nSPS) is 24.3. The maximum atomic E-state index is 12.7. The second kappa shape index (κ2) is 4.09. The third-order valence-electron chi connectivity index (χ3n) is 2.63. The largest absolute Gasteiger partial charge is 0.478 e. The van der Waals surface area contributed by atoms with Gasteiger partial charge in [-0.05, 0) is 30.8 Å². The summed E-state index contributed by atoms with van der Waals surface area (Å²) in [6.07, 6.45) is 0.402. The van der Waals surface area contributed by atoms with E-state index in [0.717, 1.165) is 0 Å². The zero-order valence-electron chi connectivity index (χ0n) is 8.57. The number of benzene rings is 1. The van der Waals surface area contributed by atoms with Crippen LogP contribution in [0.4, 0.5) is 4.39 Å². The Hall–Kier alpha value is -1.62. The molecule has 1 saturated heterocycles. The van der Waals surface area contributed by atoms with Gasteiger partial charge < -0.3 is 15.2 Å². The average molecular weight is 225 g/mol. The predicted octanol–water partition coefficient (Wildman–Crippen LogP) is 1.02. The van der Waals surface area contributed by atoms with Crippen LogP contribution in [0.15, 0.2) is 24.3 Å². The van der Waals surface area contributed by atoms with Gasteiger partial charge in [0.25, 0.3) is 0 Å². The standard InChI is InChI=1S/C11H12FNO3/c12-8-1-3-9(4-2-8)16-11(10(14)15)5-6-13-7-11/h1-4,13H,5-7H2,(H,14,15). The summed E-state index contributed by atoms with van der Waals surface area (Å²) in [5, 5.41) is 12.1. The molecule has 0 bridgehead atoms. The quantitative estimate of drug-likeness (QED) is 0.806. The summed E-state index contributed by atoms with van der Waals surface area (Å²) in [6, 6.07) is 5.34. The highest BCUT2D eigenvalue weighted by Crippen LogP contribution is 2.24. The van der Waals surface area contributed by atoms with Crippen LogP contribution in [0.3, 0.4) is 0 Å². The average Bonchev–Trinajstić information content (AvgIpc) is 2.71. The summed E-state index contributed by atoms with van der Waals surface area (Å²) < 4.78 is 18.1. The zero-order valence-corrected chi connectivity index (χ0v) is 8.57. The molecule has 1 atom stereocenters. The van der Waals surface area contributed by atoms with Crippen LogP contribution >= 0.6 is 0 Å². The van der Waals surface area contributed by atoms with E-state index in [0.29, 0.717) is 18.7 Å². The molecule has 1 heterocycles. The number of ether oxygens (including phenoxy) is 1. The minimum Gasteiger partial charge on any atom is -0.478 e. The summed E-state index contributed by atoms with van der Waals surface area (Å²) in [6.45, 7) is 0.868. The summed E-state index contributed by atoms with van der Waals surface area (Å²) >= 11 is 0. The van der Waals surface area contributed by atoms with Gasteiger partial charge in [0.1, 0.15) is 11.6 Å². The number of nitrogens with one attached hydrogen (secondary N) is 1. The van der Waals surface area contributed by atoms with Gasteiger partial charge in [-0.3, -0.25) is 0 Å². The molecular formula is C11H12FNO3. The highest BCUT2D eigenvalue weighted by atomic mass is 19.1. The van der Waals surface area contributed by atoms with E-state index in [1.54, 1.807) is 0 Å². The van der Waals surface area contributed by atoms with Gasteiger partial charge in [0.2, 0.25) is 5.60 Å². The monoisotopic (exact) mass is 225 g/mol. The maximum absolute atomic E-state index is 12.7. The highest BCUT2D eigenvalue weighted by molar-refractivity contribution is 5.78. The fourth-order valence-electron chi connectivity index (χ4n) is 1.71. The first-order valence-electron chi connectivity index (χ1n) is 5.01. The third-order valence-corrected chi connectivity index (χ3v) is 2.63. The van der Waals surface area contributed by atoms with Crippen molar-refractivity contribution in [1.82, 2.24) is 5.32 Å². The molecule has 5 heteroatoms. The lowest BCUT2D eigenvalue weighted by Crippen LogP contribution is -2.46. The second-order valence-corrected chi connectivity index (χ2v) is 3.78. The van der Waals surface area contributed by atoms with Crippen LogP contribution in [0, 0.1) is 5.82 Å². The molecule has 1 fully saturated rings. The van der Waals surface area contributed by atoms with E-state index < -0.39 is 11.6 Å². The number of halogens is 1. The number of aliphatic carboxylic acids is 1. The summed E-state index contributed by atoms with van der Waals surface area (Å²) in [5.41, 5.74) is -1.22. The fraction of sp³-hybridized carbons (Fsp3) is 0.364. The number of rotatable bonds is 3. The second-order valence-electron chi connectivity index (χ2n) is 3.78. The Balaban J connectivity index is 2.18. The molecule has 0 radical (unpaired) electrons. The molecule has 2 N–H and O–H groups in total. The van der Waals surface area contributed by atoms with Crippen molar-refractivity contribution in [2.75, 3.05) is 13.1 Å². The molecule has 0 amide bonds. The topological polar surface area (TPSA) is 58.6 Å². The molecular weight excluding hydrogens is 213 g/mol. The minimum atomic E-state index is -1.22. The molecule has 2 rings (SSSR count). The first kappa shape index (κ1) is 10.9. The number of hydrogen-bond acceptors (Lipinski definition) is 3. The summed E-state index contributed by atoms with van der Waals surface area (Å²) in [7, 11) is 0. The third kappa shape index (κ3) is 1.99. The van der Waals surface area contributed by atoms with Gasteiger partial charge in [0.15, 0.2) is 0 Å². The molecule has 0 saturated carbocycles. The van der Waals surface area contributed by atoms with Crippen molar-refractivity contribution in [2.45, 2.75) is 12.0 Å². The van der Waals surface area contributed by atoms with Crippen molar-refractivity contribution >= 4 is 5.97 Å². The Bertz CT molecular complexity index is 385. The van der Waals surface area contributed by atoms with E-state index >= 15 is 0 Å². The number of hydrogen-bond donors (Lipinski definition) is 2. The first-order chi connectivity index (χ1) is 7.62. The predicted molar refractivity (Wildman–Crippen MR) is 54.9 cm³/mol. The molecule has 1 aliphatic heterocycles. The zero-order chi connectivity index (χ0) is 11.6. The Labute approximate surface area is 92.0 Å². The van der Waals surface area contributed by atoms with Crippen LogP contribution in [0.5, 0.6) is 5.75 Å². The van der Waals surface area contributed by atoms with E-state index in [1.807, 2.05) is 0 Å². The van der Waals surface area contributed by atoms with E-state index in [-0.39, 0.29) is 12.4 Å². The summed E-state index contributed by atoms with van der Waals surface area (Å²) in [5.74, 6) is -1.00. The number of carbonyl (C=O) groups is 1. The molecule has 1 aromatic carbocycles. The van der Waals surface area contributed by atoms with Gasteiger partial charge in [-0.1, -0.05) is 0 Å². The van der Waals surface area contributed by atoms with Crippen LogP contribution in [-0.4, -0.2) is 29.8 Å². The molecule has 1 aromatic rings. The van der Waals surface area contributed by atoms with E-state index in [9.17, 15) is 9.18 Å². The van der Waals surface area contributed by atoms with Gasteiger partial charge in [-0.2, -0.15) is 0 Å². The van der Waals surface area contributed by atoms with Gasteiger partial charge in [0.05, 0.1) is 0 Å². The van der Waals surface area contributed by atoms with E-state index in [2.05, 4.69) is 5.32 Å². The van der Waals surface area contributed by atoms with Crippen molar-refractivity contribution in [3.8, 4) is 5.75 Å². The molecule has 0 spiro atoms. The SMILES string of the molecule is O=C(O)C1(Oc2ccc(F)cc2)CCNC1. The van der Waals surface area contributed by atoms with Crippen molar-refractivity contribution in [2.24, 2.45) is 0 Å². The Morgan fingerprint density at radius 1 is 1.44 bits per heavy atom. The van der Waals surface area contributed by atoms with E-state index in [4.69, 9.17) is 9.84 Å².